The van der Waals surface area contributed by atoms with Crippen molar-refractivity contribution in [3.8, 4) is 44.5 Å². The Morgan fingerprint density at radius 1 is 0.310 bits per heavy atom. The van der Waals surface area contributed by atoms with Gasteiger partial charge in [-0.3, -0.25) is 0 Å². The minimum atomic E-state index is 0.585. The van der Waals surface area contributed by atoms with Crippen molar-refractivity contribution in [2.24, 2.45) is 5.92 Å². The van der Waals surface area contributed by atoms with Gasteiger partial charge in [-0.05, 0) is 162 Å². The van der Waals surface area contributed by atoms with Gasteiger partial charge >= 0.3 is 0 Å². The molecular formula is C69H52N2. The van der Waals surface area contributed by atoms with Crippen LogP contribution in [0.4, 0.5) is 34.1 Å². The molecule has 338 valence electrons. The molecule has 0 fully saturated rings. The Hall–Kier alpha value is -8.98. The summed E-state index contributed by atoms with van der Waals surface area (Å²) in [6.45, 7) is 2.27. The first-order chi connectivity index (χ1) is 35.1. The Labute approximate surface area is 417 Å². The van der Waals surface area contributed by atoms with Gasteiger partial charge in [0.1, 0.15) is 0 Å². The van der Waals surface area contributed by atoms with E-state index in [4.69, 9.17) is 0 Å². The molecule has 0 aromatic heterocycles. The topological polar surface area (TPSA) is 6.48 Å². The first-order valence-corrected chi connectivity index (χ1v) is 24.7. The number of anilines is 6. The molecule has 1 unspecified atom stereocenters. The van der Waals surface area contributed by atoms with Crippen molar-refractivity contribution in [1.29, 1.82) is 0 Å². The van der Waals surface area contributed by atoms with E-state index in [0.717, 1.165) is 57.2 Å². The Bertz CT molecular complexity index is 3570. The number of fused-ring (bicyclic) bond motifs is 2. The van der Waals surface area contributed by atoms with Crippen LogP contribution in [0.5, 0.6) is 0 Å². The lowest BCUT2D eigenvalue weighted by atomic mass is 9.93. The summed E-state index contributed by atoms with van der Waals surface area (Å²) in [6, 6.07) is 95.0. The lowest BCUT2D eigenvalue weighted by molar-refractivity contribution is 0.739. The van der Waals surface area contributed by atoms with Gasteiger partial charge in [0.2, 0.25) is 0 Å². The lowest BCUT2D eigenvalue weighted by Gasteiger charge is -2.28. The Kier molecular flexibility index (Phi) is 11.7. The van der Waals surface area contributed by atoms with E-state index in [2.05, 4.69) is 296 Å². The van der Waals surface area contributed by atoms with Gasteiger partial charge in [0.15, 0.2) is 0 Å². The standard InChI is InChI=1S/C69H52N2/c1-49-26-28-50(29-27-49)51-30-38-59(39-31-51)70(58-20-6-3-7-21-58)60-40-36-57(37-41-60)68-47-46-63(48-69(68)54-14-4-2-5-15-54)71(61-42-32-55(33-43-61)66-24-12-18-52-16-8-10-22-64(52)66)62-44-34-56(35-45-62)67-25-13-19-53-17-9-11-23-65(53)67/h2-26,28-49H,27H2,1H3. The molecule has 11 aromatic carbocycles. The molecule has 2 heteroatoms. The first-order valence-electron chi connectivity index (χ1n) is 24.7. The van der Waals surface area contributed by atoms with Crippen LogP contribution in [0.3, 0.4) is 0 Å². The number of rotatable bonds is 11. The SMILES string of the molecule is CC1C=CC(c2ccc(N(c3ccccc3)c3ccc(-c4ccc(N(c5ccc(-c6cccc7ccccc67)cc5)c5ccc(-c6cccc7ccccc67)cc5)cc4-c4ccccc4)cc3)cc2)=CC1. The van der Waals surface area contributed by atoms with Crippen LogP contribution in [0.2, 0.25) is 0 Å². The van der Waals surface area contributed by atoms with Gasteiger partial charge in [0.05, 0.1) is 0 Å². The van der Waals surface area contributed by atoms with Crippen molar-refractivity contribution in [3.05, 3.63) is 285 Å². The van der Waals surface area contributed by atoms with Crippen LogP contribution in [0.15, 0.2) is 279 Å². The van der Waals surface area contributed by atoms with Gasteiger partial charge in [-0.15, -0.1) is 0 Å². The zero-order chi connectivity index (χ0) is 47.5. The summed E-state index contributed by atoms with van der Waals surface area (Å²) >= 11 is 0. The van der Waals surface area contributed by atoms with E-state index < -0.39 is 0 Å². The Morgan fingerprint density at radius 2 is 0.704 bits per heavy atom. The second-order valence-electron chi connectivity index (χ2n) is 18.6. The van der Waals surface area contributed by atoms with Crippen LogP contribution in [0.25, 0.3) is 71.6 Å². The van der Waals surface area contributed by atoms with Gasteiger partial charge in [-0.2, -0.15) is 0 Å². The fraction of sp³-hybridized carbons (Fsp3) is 0.0435. The molecule has 12 rings (SSSR count). The monoisotopic (exact) mass is 908 g/mol. The largest absolute Gasteiger partial charge is 0.311 e. The predicted molar refractivity (Wildman–Crippen MR) is 303 cm³/mol. The number of hydrogen-bond donors (Lipinski definition) is 0. The van der Waals surface area contributed by atoms with Crippen LogP contribution in [-0.4, -0.2) is 0 Å². The number of hydrogen-bond acceptors (Lipinski definition) is 2. The second kappa shape index (κ2) is 19.2. The normalized spacial score (nSPS) is 13.3. The van der Waals surface area contributed by atoms with Crippen molar-refractivity contribution < 1.29 is 0 Å². The molecule has 1 aliphatic carbocycles. The Morgan fingerprint density at radius 3 is 1.21 bits per heavy atom. The summed E-state index contributed by atoms with van der Waals surface area (Å²) in [7, 11) is 0. The molecule has 0 aliphatic heterocycles. The van der Waals surface area contributed by atoms with Crippen molar-refractivity contribution in [2.45, 2.75) is 13.3 Å². The second-order valence-corrected chi connectivity index (χ2v) is 18.6. The van der Waals surface area contributed by atoms with Gasteiger partial charge in [-0.1, -0.05) is 213 Å². The average molecular weight is 909 g/mol. The average Bonchev–Trinajstić information content (AvgIpc) is 3.44. The van der Waals surface area contributed by atoms with E-state index in [1.165, 1.54) is 60.5 Å². The molecule has 1 aliphatic rings. The minimum Gasteiger partial charge on any atom is -0.311 e. The van der Waals surface area contributed by atoms with Gasteiger partial charge in [-0.25, -0.2) is 0 Å². The van der Waals surface area contributed by atoms with Crippen LogP contribution < -0.4 is 9.80 Å². The maximum absolute atomic E-state index is 2.39. The molecule has 0 amide bonds. The zero-order valence-electron chi connectivity index (χ0n) is 39.7. The molecule has 11 aromatic rings. The highest BCUT2D eigenvalue weighted by Crippen LogP contribution is 2.44. The van der Waals surface area contributed by atoms with Crippen molar-refractivity contribution in [2.75, 3.05) is 9.80 Å². The highest BCUT2D eigenvalue weighted by molar-refractivity contribution is 5.99. The van der Waals surface area contributed by atoms with Crippen molar-refractivity contribution >= 4 is 61.2 Å². The fourth-order valence-corrected chi connectivity index (χ4v) is 10.3. The molecule has 71 heavy (non-hydrogen) atoms. The molecule has 0 N–H and O–H groups in total. The minimum absolute atomic E-state index is 0.585. The van der Waals surface area contributed by atoms with E-state index >= 15 is 0 Å². The summed E-state index contributed by atoms with van der Waals surface area (Å²) in [6.07, 6.45) is 8.01. The summed E-state index contributed by atoms with van der Waals surface area (Å²) in [5.74, 6) is 0.585. The van der Waals surface area contributed by atoms with Crippen LogP contribution in [-0.2, 0) is 0 Å². The molecule has 0 radical (unpaired) electrons. The van der Waals surface area contributed by atoms with Gasteiger partial charge in [0, 0.05) is 34.1 Å². The number of nitrogens with zero attached hydrogens (tertiary/aromatic N) is 2. The molecular weight excluding hydrogens is 857 g/mol. The van der Waals surface area contributed by atoms with E-state index in [9.17, 15) is 0 Å². The predicted octanol–water partition coefficient (Wildman–Crippen LogP) is 19.6. The molecule has 0 heterocycles. The van der Waals surface area contributed by atoms with E-state index in [1.54, 1.807) is 0 Å². The molecule has 0 bridgehead atoms. The third kappa shape index (κ3) is 8.73. The number of benzene rings is 11. The van der Waals surface area contributed by atoms with E-state index in [1.807, 2.05) is 0 Å². The zero-order valence-corrected chi connectivity index (χ0v) is 39.7. The third-order valence-electron chi connectivity index (χ3n) is 14.0. The molecule has 0 spiro atoms. The smallest absolute Gasteiger partial charge is 0.0468 e. The molecule has 1 atom stereocenters. The summed E-state index contributed by atoms with van der Waals surface area (Å²) < 4.78 is 0. The number of para-hydroxylation sites is 1. The van der Waals surface area contributed by atoms with Crippen molar-refractivity contribution in [1.82, 2.24) is 0 Å². The van der Waals surface area contributed by atoms with Gasteiger partial charge in [0.25, 0.3) is 0 Å². The van der Waals surface area contributed by atoms with Crippen LogP contribution in [0.1, 0.15) is 18.9 Å². The lowest BCUT2D eigenvalue weighted by Crippen LogP contribution is -2.10. The quantitative estimate of drug-likeness (QED) is 0.128. The summed E-state index contributed by atoms with van der Waals surface area (Å²) in [4.78, 5) is 4.74. The number of allylic oxidation sites excluding steroid dienone is 4. The maximum atomic E-state index is 2.39. The maximum Gasteiger partial charge on any atom is 0.0468 e. The summed E-state index contributed by atoms with van der Waals surface area (Å²) in [5.41, 5.74) is 18.6. The van der Waals surface area contributed by atoms with E-state index in [-0.39, 0.29) is 0 Å². The highest BCUT2D eigenvalue weighted by atomic mass is 15.1. The summed E-state index contributed by atoms with van der Waals surface area (Å²) in [5, 5.41) is 4.98. The van der Waals surface area contributed by atoms with Gasteiger partial charge < -0.3 is 9.80 Å². The first kappa shape index (κ1) is 43.3. The molecule has 2 nitrogen and oxygen atoms in total. The third-order valence-corrected chi connectivity index (χ3v) is 14.0. The Balaban J connectivity index is 0.938. The van der Waals surface area contributed by atoms with Crippen LogP contribution >= 0.6 is 0 Å². The van der Waals surface area contributed by atoms with E-state index in [0.29, 0.717) is 5.92 Å². The fourth-order valence-electron chi connectivity index (χ4n) is 10.3. The van der Waals surface area contributed by atoms with Crippen LogP contribution in [0, 0.1) is 5.92 Å². The molecule has 0 saturated heterocycles. The molecule has 0 saturated carbocycles. The van der Waals surface area contributed by atoms with Crippen molar-refractivity contribution in [3.63, 3.8) is 0 Å². The highest BCUT2D eigenvalue weighted by Gasteiger charge is 2.19.